The number of amidine groups is 1. The van der Waals surface area contributed by atoms with Gasteiger partial charge in [-0.05, 0) is 41.8 Å². The lowest BCUT2D eigenvalue weighted by Crippen LogP contribution is -2.31. The van der Waals surface area contributed by atoms with Crippen molar-refractivity contribution in [3.63, 3.8) is 0 Å². The monoisotopic (exact) mass is 447 g/mol. The van der Waals surface area contributed by atoms with Crippen LogP contribution in [-0.4, -0.2) is 27.4 Å². The molecule has 3 rings (SSSR count). The summed E-state index contributed by atoms with van der Waals surface area (Å²) in [5, 5.41) is 8.89. The smallest absolute Gasteiger partial charge is 0.242 e. The molecule has 1 atom stereocenters. The molecule has 1 heterocycles. The van der Waals surface area contributed by atoms with Crippen LogP contribution in [0.5, 0.6) is 0 Å². The first-order valence-corrected chi connectivity index (χ1v) is 10.3. The maximum absolute atomic E-state index is 13.1. The van der Waals surface area contributed by atoms with Crippen molar-refractivity contribution in [2.75, 3.05) is 0 Å². The minimum Gasteiger partial charge on any atom is -0.284 e. The molecular weight excluding hydrogens is 429 g/mol. The highest BCUT2D eigenvalue weighted by molar-refractivity contribution is 9.10. The summed E-state index contributed by atoms with van der Waals surface area (Å²) in [6, 6.07) is 13.9. The Morgan fingerprint density at radius 2 is 1.89 bits per heavy atom. The summed E-state index contributed by atoms with van der Waals surface area (Å²) >= 11 is 4.84. The minimum absolute atomic E-state index is 0.0313. The molecule has 0 bridgehead atoms. The number of carbonyl (C=O) groups is 1. The van der Waals surface area contributed by atoms with Crippen molar-refractivity contribution in [2.24, 2.45) is 10.2 Å². The van der Waals surface area contributed by atoms with Gasteiger partial charge in [-0.15, -0.1) is 5.10 Å². The molecule has 0 spiro atoms. The van der Waals surface area contributed by atoms with E-state index in [0.29, 0.717) is 11.7 Å². The minimum atomic E-state index is -0.294. The molecule has 1 fully saturated rings. The van der Waals surface area contributed by atoms with Crippen LogP contribution in [0.2, 0.25) is 0 Å². The number of benzene rings is 2. The standard InChI is InChI=1S/C20H19BrFN3OS/c1-2-3-18-19(26)25(13-15-6-10-17(22)11-7-15)20(27-18)24-23-12-14-4-8-16(21)9-5-14/h4-12,18H,2-3,13H2,1H3/b23-12+,24-20-. The molecule has 27 heavy (non-hydrogen) atoms. The third-order valence-electron chi connectivity index (χ3n) is 4.04. The summed E-state index contributed by atoms with van der Waals surface area (Å²) < 4.78 is 14.1. The number of hydrogen-bond acceptors (Lipinski definition) is 4. The van der Waals surface area contributed by atoms with Crippen molar-refractivity contribution in [1.29, 1.82) is 0 Å². The van der Waals surface area contributed by atoms with Gasteiger partial charge in [0.25, 0.3) is 0 Å². The fraction of sp³-hybridized carbons (Fsp3) is 0.250. The third kappa shape index (κ3) is 5.26. The van der Waals surface area contributed by atoms with Gasteiger partial charge in [0.2, 0.25) is 5.91 Å². The molecule has 1 saturated heterocycles. The highest BCUT2D eigenvalue weighted by Crippen LogP contribution is 2.31. The Morgan fingerprint density at radius 1 is 1.19 bits per heavy atom. The van der Waals surface area contributed by atoms with Gasteiger partial charge in [0.15, 0.2) is 5.17 Å². The van der Waals surface area contributed by atoms with Crippen LogP contribution in [0.4, 0.5) is 4.39 Å². The second-order valence-corrected chi connectivity index (χ2v) is 8.21. The molecule has 7 heteroatoms. The van der Waals surface area contributed by atoms with Gasteiger partial charge in [-0.3, -0.25) is 9.69 Å². The zero-order valence-electron chi connectivity index (χ0n) is 14.8. The van der Waals surface area contributed by atoms with E-state index in [0.717, 1.165) is 28.4 Å². The summed E-state index contributed by atoms with van der Waals surface area (Å²) in [6.45, 7) is 2.41. The van der Waals surface area contributed by atoms with Crippen molar-refractivity contribution >= 4 is 45.0 Å². The van der Waals surface area contributed by atoms with Crippen LogP contribution >= 0.6 is 27.7 Å². The molecule has 2 aromatic rings. The van der Waals surface area contributed by atoms with E-state index in [1.807, 2.05) is 24.3 Å². The second kappa shape index (κ2) is 9.28. The molecule has 0 saturated carbocycles. The van der Waals surface area contributed by atoms with E-state index in [-0.39, 0.29) is 17.0 Å². The fourth-order valence-corrected chi connectivity index (χ4v) is 4.12. The second-order valence-electron chi connectivity index (χ2n) is 6.12. The average molecular weight is 448 g/mol. The van der Waals surface area contributed by atoms with Crippen LogP contribution in [0.15, 0.2) is 63.2 Å². The van der Waals surface area contributed by atoms with Gasteiger partial charge < -0.3 is 0 Å². The number of hydrogen-bond donors (Lipinski definition) is 0. The first kappa shape index (κ1) is 19.8. The topological polar surface area (TPSA) is 45.0 Å². The summed E-state index contributed by atoms with van der Waals surface area (Å²) in [7, 11) is 0. The predicted molar refractivity (Wildman–Crippen MR) is 112 cm³/mol. The molecule has 0 radical (unpaired) electrons. The first-order chi connectivity index (χ1) is 13.1. The number of thioether (sulfide) groups is 1. The van der Waals surface area contributed by atoms with E-state index < -0.39 is 0 Å². The van der Waals surface area contributed by atoms with Gasteiger partial charge in [0.05, 0.1) is 18.0 Å². The van der Waals surface area contributed by atoms with Crippen LogP contribution < -0.4 is 0 Å². The highest BCUT2D eigenvalue weighted by Gasteiger charge is 2.37. The summed E-state index contributed by atoms with van der Waals surface area (Å²) in [5.74, 6) is -0.263. The quantitative estimate of drug-likeness (QED) is 0.449. The Kier molecular flexibility index (Phi) is 6.79. The number of carbonyl (C=O) groups excluding carboxylic acids is 1. The number of halogens is 2. The molecule has 2 aromatic carbocycles. The zero-order valence-corrected chi connectivity index (χ0v) is 17.2. The van der Waals surface area contributed by atoms with Crippen molar-refractivity contribution in [1.82, 2.24) is 4.90 Å². The molecule has 1 aliphatic heterocycles. The fourth-order valence-electron chi connectivity index (χ4n) is 2.64. The van der Waals surface area contributed by atoms with Crippen LogP contribution in [-0.2, 0) is 11.3 Å². The molecule has 140 valence electrons. The maximum Gasteiger partial charge on any atom is 0.242 e. The van der Waals surface area contributed by atoms with E-state index in [2.05, 4.69) is 33.1 Å². The number of rotatable bonds is 6. The Balaban J connectivity index is 1.79. The number of nitrogens with zero attached hydrogens (tertiary/aromatic N) is 3. The summed E-state index contributed by atoms with van der Waals surface area (Å²) in [4.78, 5) is 14.4. The van der Waals surface area contributed by atoms with E-state index in [4.69, 9.17) is 0 Å². The average Bonchev–Trinajstić information content (AvgIpc) is 2.94. The normalized spacial score (nSPS) is 18.8. The summed E-state index contributed by atoms with van der Waals surface area (Å²) in [5.41, 5.74) is 1.78. The number of amides is 1. The van der Waals surface area contributed by atoms with Crippen LogP contribution in [0.1, 0.15) is 30.9 Å². The molecular formula is C20H19BrFN3OS. The van der Waals surface area contributed by atoms with Gasteiger partial charge in [-0.25, -0.2) is 4.39 Å². The van der Waals surface area contributed by atoms with Gasteiger partial charge in [-0.1, -0.05) is 65.3 Å². The van der Waals surface area contributed by atoms with E-state index in [9.17, 15) is 9.18 Å². The Morgan fingerprint density at radius 3 is 2.56 bits per heavy atom. The molecule has 1 unspecified atom stereocenters. The Bertz CT molecular complexity index is 853. The van der Waals surface area contributed by atoms with Crippen molar-refractivity contribution in [3.05, 3.63) is 69.9 Å². The van der Waals surface area contributed by atoms with Crippen LogP contribution in [0, 0.1) is 5.82 Å². The van der Waals surface area contributed by atoms with E-state index in [1.165, 1.54) is 23.9 Å². The molecule has 0 aliphatic carbocycles. The Hall–Kier alpha value is -1.99. The zero-order chi connectivity index (χ0) is 19.2. The van der Waals surface area contributed by atoms with Gasteiger partial charge in [0.1, 0.15) is 5.82 Å². The largest absolute Gasteiger partial charge is 0.284 e. The van der Waals surface area contributed by atoms with Gasteiger partial charge in [0, 0.05) is 4.47 Å². The van der Waals surface area contributed by atoms with Crippen molar-refractivity contribution < 1.29 is 9.18 Å². The summed E-state index contributed by atoms with van der Waals surface area (Å²) in [6.07, 6.45) is 3.37. The lowest BCUT2D eigenvalue weighted by atomic mass is 10.2. The Labute approximate surface area is 170 Å². The van der Waals surface area contributed by atoms with Gasteiger partial charge in [-0.2, -0.15) is 5.10 Å². The van der Waals surface area contributed by atoms with Crippen molar-refractivity contribution in [2.45, 2.75) is 31.6 Å². The predicted octanol–water partition coefficient (Wildman–Crippen LogP) is 5.22. The third-order valence-corrected chi connectivity index (χ3v) is 5.81. The van der Waals surface area contributed by atoms with Gasteiger partial charge >= 0.3 is 0 Å². The first-order valence-electron chi connectivity index (χ1n) is 8.66. The van der Waals surface area contributed by atoms with Crippen LogP contribution in [0.3, 0.4) is 0 Å². The van der Waals surface area contributed by atoms with Crippen LogP contribution in [0.25, 0.3) is 0 Å². The lowest BCUT2D eigenvalue weighted by molar-refractivity contribution is -0.126. The van der Waals surface area contributed by atoms with E-state index >= 15 is 0 Å². The molecule has 0 N–H and O–H groups in total. The van der Waals surface area contributed by atoms with Crippen molar-refractivity contribution in [3.8, 4) is 0 Å². The molecule has 0 aromatic heterocycles. The highest BCUT2D eigenvalue weighted by atomic mass is 79.9. The maximum atomic E-state index is 13.1. The lowest BCUT2D eigenvalue weighted by Gasteiger charge is -2.15. The molecule has 4 nitrogen and oxygen atoms in total. The SMILES string of the molecule is CCCC1S/C(=N\N=C\c2ccc(Br)cc2)N(Cc2ccc(F)cc2)C1=O. The molecule has 1 amide bonds. The molecule has 1 aliphatic rings. The van der Waals surface area contributed by atoms with E-state index in [1.54, 1.807) is 23.2 Å².